The van der Waals surface area contributed by atoms with E-state index in [2.05, 4.69) is 62.3 Å². The second kappa shape index (κ2) is 8.33. The van der Waals surface area contributed by atoms with Crippen LogP contribution in [0.15, 0.2) is 42.5 Å². The molecule has 0 N–H and O–H groups in total. The minimum atomic E-state index is -1.43. The summed E-state index contributed by atoms with van der Waals surface area (Å²) in [6.45, 7) is 22.0. The second-order valence-corrected chi connectivity index (χ2v) is 24.9. The smallest absolute Gasteiger partial charge is 0.0721 e. The van der Waals surface area contributed by atoms with Crippen molar-refractivity contribution in [1.29, 1.82) is 0 Å². The van der Waals surface area contributed by atoms with Crippen LogP contribution in [-0.4, -0.2) is 25.7 Å². The molecule has 0 bridgehead atoms. The Balaban J connectivity index is 0.000000260. The van der Waals surface area contributed by atoms with Gasteiger partial charge in [-0.2, -0.15) is 0 Å². The fourth-order valence-electron chi connectivity index (χ4n) is 4.78. The molecule has 0 aromatic heterocycles. The molecule has 0 saturated heterocycles. The van der Waals surface area contributed by atoms with Crippen molar-refractivity contribution >= 4 is 36.5 Å². The molecule has 0 aliphatic rings. The van der Waals surface area contributed by atoms with Crippen LogP contribution in [0.1, 0.15) is 72.7 Å². The molecule has 0 spiro atoms. The molecule has 0 aliphatic heterocycles. The summed E-state index contributed by atoms with van der Waals surface area (Å²) in [7, 11) is 0. The van der Waals surface area contributed by atoms with Gasteiger partial charge in [0.1, 0.15) is 0 Å². The molecule has 0 amide bonds. The Bertz CT molecular complexity index is 705. The Morgan fingerprint density at radius 3 is 1.54 bits per heavy atom. The van der Waals surface area contributed by atoms with Crippen LogP contribution >= 0.6 is 0 Å². The molecule has 0 atom stereocenters. The molecule has 0 fully saturated rings. The summed E-state index contributed by atoms with van der Waals surface area (Å²) in [5.74, 6) is -1.13. The number of benzene rings is 2. The van der Waals surface area contributed by atoms with Gasteiger partial charge < -0.3 is 9.90 Å². The summed E-state index contributed by atoms with van der Waals surface area (Å²) in [5.41, 5.74) is 0.248. The first-order valence-electron chi connectivity index (χ1n) is 9.23. The average Bonchev–Trinajstić information content (AvgIpc) is 2.42. The van der Waals surface area contributed by atoms with Gasteiger partial charge >= 0.3 is 92.4 Å². The molecule has 26 heavy (non-hydrogen) atoms. The second-order valence-electron chi connectivity index (χ2n) is 9.94. The normalized spacial score (nSPS) is 12.3. The molecule has 0 unspecified atom stereocenters. The average molecular weight is 461 g/mol. The molecule has 2 nitrogen and oxygen atoms in total. The van der Waals surface area contributed by atoms with Gasteiger partial charge in [-0.05, 0) is 10.8 Å². The monoisotopic (exact) mass is 462 g/mol. The van der Waals surface area contributed by atoms with Gasteiger partial charge in [0, 0.05) is 5.56 Å². The van der Waals surface area contributed by atoms with Crippen LogP contribution in [0.2, 0.25) is 10.3 Å². The summed E-state index contributed by atoms with van der Waals surface area (Å²) >= 11 is -1.43. The van der Waals surface area contributed by atoms with Gasteiger partial charge in [0.25, 0.3) is 0 Å². The molecular weight excluding hydrogens is 427 g/mol. The number of carboxylic acids is 1. The summed E-state index contributed by atoms with van der Waals surface area (Å²) in [4.78, 5) is 10.7. The third-order valence-corrected chi connectivity index (χ3v) is 17.1. The maximum atomic E-state index is 10.7. The zero-order chi connectivity index (χ0) is 20.3. The SMILES string of the molecule is C[C](C)(C)[Sn+]([C](C)(C)C)[C](C)(C)C.O=C([O-])c1cccc2ccccc12. The van der Waals surface area contributed by atoms with Crippen molar-refractivity contribution in [1.82, 2.24) is 0 Å². The molecule has 0 heterocycles. The van der Waals surface area contributed by atoms with Crippen molar-refractivity contribution in [2.45, 2.75) is 72.6 Å². The summed E-state index contributed by atoms with van der Waals surface area (Å²) in [6, 6.07) is 12.5. The number of carbonyl (C=O) groups is 1. The van der Waals surface area contributed by atoms with Crippen LogP contribution in [0.25, 0.3) is 10.8 Å². The summed E-state index contributed by atoms with van der Waals surface area (Å²) in [6.07, 6.45) is 0. The van der Waals surface area contributed by atoms with Crippen LogP contribution in [0.3, 0.4) is 0 Å². The van der Waals surface area contributed by atoms with Gasteiger partial charge in [-0.15, -0.1) is 0 Å². The molecule has 0 aliphatic carbocycles. The maximum Gasteiger partial charge on any atom is 0.0721 e. The maximum absolute atomic E-state index is 10.7. The van der Waals surface area contributed by atoms with Gasteiger partial charge in [-0.1, -0.05) is 42.5 Å². The molecule has 0 radical (unpaired) electrons. The van der Waals surface area contributed by atoms with Gasteiger partial charge in [-0.25, -0.2) is 0 Å². The van der Waals surface area contributed by atoms with Gasteiger partial charge in [0.15, 0.2) is 0 Å². The minimum Gasteiger partial charge on any atom is -0.545 e. The number of aromatic carboxylic acids is 1. The zero-order valence-electron chi connectivity index (χ0n) is 17.9. The van der Waals surface area contributed by atoms with Crippen molar-refractivity contribution in [3.05, 3.63) is 48.0 Å². The molecule has 0 saturated carbocycles. The van der Waals surface area contributed by atoms with E-state index < -0.39 is 25.7 Å². The molecule has 2 rings (SSSR count). The molecule has 142 valence electrons. The predicted molar refractivity (Wildman–Crippen MR) is 113 cm³/mol. The van der Waals surface area contributed by atoms with E-state index in [1.54, 1.807) is 18.2 Å². The minimum absolute atomic E-state index is 0.248. The Morgan fingerprint density at radius 2 is 1.15 bits per heavy atom. The third-order valence-electron chi connectivity index (χ3n) is 4.26. The van der Waals surface area contributed by atoms with Crippen LogP contribution in [0, 0.1) is 0 Å². The van der Waals surface area contributed by atoms with Gasteiger partial charge in [0.05, 0.1) is 5.97 Å². The zero-order valence-corrected chi connectivity index (χ0v) is 20.7. The van der Waals surface area contributed by atoms with E-state index in [0.29, 0.717) is 10.3 Å². The van der Waals surface area contributed by atoms with Crippen molar-refractivity contribution < 1.29 is 9.90 Å². The largest absolute Gasteiger partial charge is 0.545 e. The summed E-state index contributed by atoms with van der Waals surface area (Å²) < 4.78 is 1.75. The fourth-order valence-corrected chi connectivity index (χ4v) is 24.0. The van der Waals surface area contributed by atoms with E-state index in [1.165, 1.54) is 0 Å². The van der Waals surface area contributed by atoms with E-state index in [9.17, 15) is 9.90 Å². The Hall–Kier alpha value is -1.03. The van der Waals surface area contributed by atoms with Crippen molar-refractivity contribution in [2.75, 3.05) is 0 Å². The third kappa shape index (κ3) is 6.29. The summed E-state index contributed by atoms with van der Waals surface area (Å²) in [5, 5.41) is 12.4. The van der Waals surface area contributed by atoms with Gasteiger partial charge in [0.2, 0.25) is 0 Å². The van der Waals surface area contributed by atoms with E-state index in [4.69, 9.17) is 0 Å². The molecule has 2 aromatic carbocycles. The standard InChI is InChI=1S/C11H8O2.3C4H9.Sn/c12-11(13)10-7-3-5-8-4-1-2-6-9(8)10;3*1-4(2)3;/h1-7H,(H,12,13);3*1-3H3;/q;;;;+1/p-1. The topological polar surface area (TPSA) is 40.1 Å². The quantitative estimate of drug-likeness (QED) is 0.483. The van der Waals surface area contributed by atoms with Crippen LogP contribution in [0.4, 0.5) is 0 Å². The molecule has 3 heteroatoms. The van der Waals surface area contributed by atoms with Crippen molar-refractivity contribution in [3.63, 3.8) is 0 Å². The first-order chi connectivity index (χ1) is 11.7. The molecule has 2 aromatic rings. The number of hydrogen-bond donors (Lipinski definition) is 0. The van der Waals surface area contributed by atoms with E-state index in [0.717, 1.165) is 10.8 Å². The van der Waals surface area contributed by atoms with Crippen LogP contribution in [0.5, 0.6) is 0 Å². The number of hydrogen-bond acceptors (Lipinski definition) is 2. The van der Waals surface area contributed by atoms with Gasteiger partial charge in [-0.3, -0.25) is 0 Å². The number of carboxylic acid groups (broad SMARTS) is 1. The number of rotatable bonds is 1. The first-order valence-corrected chi connectivity index (χ1v) is 13.5. The Kier molecular flexibility index (Phi) is 7.37. The predicted octanol–water partition coefficient (Wildman–Crippen LogP) is 6.08. The van der Waals surface area contributed by atoms with Crippen LogP contribution in [-0.2, 0) is 0 Å². The van der Waals surface area contributed by atoms with Crippen molar-refractivity contribution in [2.24, 2.45) is 0 Å². The fraction of sp³-hybridized carbons (Fsp3) is 0.522. The number of fused-ring (bicyclic) bond motifs is 1. The molecular formula is C23H34O2Sn. The Morgan fingerprint density at radius 1 is 0.731 bits per heavy atom. The number of carbonyl (C=O) groups excluding carboxylic acids is 1. The van der Waals surface area contributed by atoms with E-state index in [-0.39, 0.29) is 5.56 Å². The van der Waals surface area contributed by atoms with E-state index in [1.807, 2.05) is 24.3 Å². The van der Waals surface area contributed by atoms with Crippen LogP contribution < -0.4 is 5.11 Å². The first kappa shape index (κ1) is 23.0. The van der Waals surface area contributed by atoms with Crippen molar-refractivity contribution in [3.8, 4) is 0 Å². The van der Waals surface area contributed by atoms with E-state index >= 15 is 0 Å². The Labute approximate surface area is 166 Å².